The van der Waals surface area contributed by atoms with Crippen LogP contribution in [0.25, 0.3) is 16.9 Å². The Labute approximate surface area is 105 Å². The number of nitrogens with two attached hydrogens (primary N) is 1. The van der Waals surface area contributed by atoms with Gasteiger partial charge in [-0.2, -0.15) is 0 Å². The summed E-state index contributed by atoms with van der Waals surface area (Å²) < 4.78 is 2.14. The van der Waals surface area contributed by atoms with Crippen molar-refractivity contribution in [3.8, 4) is 11.3 Å². The molecule has 3 aromatic rings. The molecule has 0 unspecified atom stereocenters. The average Bonchev–Trinajstić information content (AvgIpc) is 2.86. The lowest BCUT2D eigenvalue weighted by atomic mass is 10.1. The van der Waals surface area contributed by atoms with Crippen LogP contribution in [-0.4, -0.2) is 9.38 Å². The molecule has 1 aliphatic rings. The molecule has 1 aliphatic carbocycles. The Hall–Kier alpha value is -2.29. The number of nitrogens with zero attached hydrogens (tertiary/aromatic N) is 2. The Morgan fingerprint density at radius 1 is 1.28 bits per heavy atom. The largest absolute Gasteiger partial charge is 0.398 e. The van der Waals surface area contributed by atoms with Gasteiger partial charge in [0.2, 0.25) is 0 Å². The molecule has 0 bridgehead atoms. The number of imidazole rings is 1. The summed E-state index contributed by atoms with van der Waals surface area (Å²) in [5.74, 6) is 0. The highest BCUT2D eigenvalue weighted by Crippen LogP contribution is 2.37. The molecule has 0 saturated carbocycles. The van der Waals surface area contributed by atoms with E-state index in [1.54, 1.807) is 0 Å². The maximum absolute atomic E-state index is 5.93. The number of benzene rings is 1. The van der Waals surface area contributed by atoms with Gasteiger partial charge in [-0.15, -0.1) is 0 Å². The first-order valence-electron chi connectivity index (χ1n) is 6.09. The van der Waals surface area contributed by atoms with Crippen LogP contribution in [0.5, 0.6) is 0 Å². The summed E-state index contributed by atoms with van der Waals surface area (Å²) in [5, 5.41) is 0. The first-order chi connectivity index (χ1) is 8.74. The van der Waals surface area contributed by atoms with Crippen LogP contribution in [0.2, 0.25) is 0 Å². The Bertz CT molecular complexity index is 784. The van der Waals surface area contributed by atoms with E-state index in [0.717, 1.165) is 29.0 Å². The second kappa shape index (κ2) is 3.13. The molecule has 2 heterocycles. The van der Waals surface area contributed by atoms with E-state index in [1.807, 2.05) is 12.3 Å². The highest BCUT2D eigenvalue weighted by Gasteiger charge is 2.24. The number of fused-ring (bicyclic) bond motifs is 5. The van der Waals surface area contributed by atoms with Crippen molar-refractivity contribution in [2.24, 2.45) is 0 Å². The molecule has 0 aliphatic heterocycles. The summed E-state index contributed by atoms with van der Waals surface area (Å²) in [6.45, 7) is 2.06. The van der Waals surface area contributed by atoms with Crippen LogP contribution >= 0.6 is 0 Å². The average molecular weight is 235 g/mol. The normalized spacial score (nSPS) is 12.7. The summed E-state index contributed by atoms with van der Waals surface area (Å²) >= 11 is 0. The van der Waals surface area contributed by atoms with Crippen LogP contribution in [-0.2, 0) is 6.42 Å². The van der Waals surface area contributed by atoms with Crippen LogP contribution in [0.1, 0.15) is 16.8 Å². The zero-order valence-corrected chi connectivity index (χ0v) is 10.1. The minimum absolute atomic E-state index is 0.788. The Balaban J connectivity index is 2.11. The van der Waals surface area contributed by atoms with Crippen molar-refractivity contribution in [2.45, 2.75) is 13.3 Å². The molecule has 0 radical (unpaired) electrons. The minimum Gasteiger partial charge on any atom is -0.398 e. The van der Waals surface area contributed by atoms with Crippen molar-refractivity contribution >= 4 is 11.3 Å². The highest BCUT2D eigenvalue weighted by atomic mass is 15.0. The van der Waals surface area contributed by atoms with Gasteiger partial charge in [0.05, 0.1) is 11.4 Å². The van der Waals surface area contributed by atoms with Gasteiger partial charge in [0.1, 0.15) is 5.65 Å². The van der Waals surface area contributed by atoms with E-state index in [0.29, 0.717) is 0 Å². The summed E-state index contributed by atoms with van der Waals surface area (Å²) in [7, 11) is 0. The van der Waals surface area contributed by atoms with Gasteiger partial charge in [0, 0.05) is 23.9 Å². The number of anilines is 1. The van der Waals surface area contributed by atoms with E-state index in [1.165, 1.54) is 16.8 Å². The lowest BCUT2D eigenvalue weighted by molar-refractivity contribution is 1.05. The van der Waals surface area contributed by atoms with Crippen molar-refractivity contribution in [2.75, 3.05) is 5.73 Å². The molecule has 3 heteroatoms. The molecule has 0 atom stereocenters. The van der Waals surface area contributed by atoms with E-state index >= 15 is 0 Å². The van der Waals surface area contributed by atoms with E-state index in [2.05, 4.69) is 35.6 Å². The molecule has 4 rings (SSSR count). The van der Waals surface area contributed by atoms with Crippen LogP contribution in [0, 0.1) is 6.92 Å². The van der Waals surface area contributed by atoms with Crippen LogP contribution in [0.3, 0.4) is 0 Å². The number of aryl methyl sites for hydroxylation is 1. The number of pyridine rings is 1. The number of hydrogen-bond acceptors (Lipinski definition) is 2. The zero-order valence-electron chi connectivity index (χ0n) is 10.1. The Kier molecular flexibility index (Phi) is 1.69. The summed E-state index contributed by atoms with van der Waals surface area (Å²) in [4.78, 5) is 4.78. The molecular weight excluding hydrogens is 222 g/mol. The molecule has 2 aromatic heterocycles. The van der Waals surface area contributed by atoms with E-state index < -0.39 is 0 Å². The first-order valence-corrected chi connectivity index (χ1v) is 6.09. The standard InChI is InChI=1S/C15H13N3/c1-9-6-11(16)8-18-13-7-10-4-2-3-5-12(10)14(13)17-15(9)18/h2-6,8H,7,16H2,1H3. The first kappa shape index (κ1) is 9.71. The van der Waals surface area contributed by atoms with Crippen LogP contribution < -0.4 is 5.73 Å². The molecule has 1 aromatic carbocycles. The molecule has 0 saturated heterocycles. The van der Waals surface area contributed by atoms with Crippen molar-refractivity contribution in [3.05, 3.63) is 53.3 Å². The molecular formula is C15H13N3. The van der Waals surface area contributed by atoms with Crippen molar-refractivity contribution in [1.29, 1.82) is 0 Å². The quantitative estimate of drug-likeness (QED) is 0.509. The number of nitrogen functional groups attached to an aromatic ring is 1. The van der Waals surface area contributed by atoms with Crippen molar-refractivity contribution in [1.82, 2.24) is 9.38 Å². The second-order valence-corrected chi connectivity index (χ2v) is 4.89. The van der Waals surface area contributed by atoms with E-state index in [-0.39, 0.29) is 0 Å². The number of aromatic nitrogens is 2. The van der Waals surface area contributed by atoms with Gasteiger partial charge in [-0.1, -0.05) is 24.3 Å². The van der Waals surface area contributed by atoms with Gasteiger partial charge in [-0.05, 0) is 24.1 Å². The third-order valence-corrected chi connectivity index (χ3v) is 3.65. The number of rotatable bonds is 0. The maximum Gasteiger partial charge on any atom is 0.140 e. The molecule has 2 N–H and O–H groups in total. The maximum atomic E-state index is 5.93. The topological polar surface area (TPSA) is 43.3 Å². The Morgan fingerprint density at radius 2 is 2.11 bits per heavy atom. The number of hydrogen-bond donors (Lipinski definition) is 1. The third-order valence-electron chi connectivity index (χ3n) is 3.65. The zero-order chi connectivity index (χ0) is 12.3. The summed E-state index contributed by atoms with van der Waals surface area (Å²) in [6, 6.07) is 10.4. The summed E-state index contributed by atoms with van der Waals surface area (Å²) in [6.07, 6.45) is 2.91. The van der Waals surface area contributed by atoms with Gasteiger partial charge in [-0.25, -0.2) is 4.98 Å². The van der Waals surface area contributed by atoms with Crippen molar-refractivity contribution in [3.63, 3.8) is 0 Å². The lowest BCUT2D eigenvalue weighted by Gasteiger charge is -2.03. The van der Waals surface area contributed by atoms with E-state index in [4.69, 9.17) is 10.7 Å². The molecule has 88 valence electrons. The van der Waals surface area contributed by atoms with Gasteiger partial charge in [0.25, 0.3) is 0 Å². The van der Waals surface area contributed by atoms with Crippen LogP contribution in [0.4, 0.5) is 5.69 Å². The molecule has 18 heavy (non-hydrogen) atoms. The molecule has 0 amide bonds. The van der Waals surface area contributed by atoms with Gasteiger partial charge in [-0.3, -0.25) is 0 Å². The predicted octanol–water partition coefficient (Wildman–Crippen LogP) is 2.80. The predicted molar refractivity (Wildman–Crippen MR) is 72.6 cm³/mol. The fourth-order valence-corrected chi connectivity index (χ4v) is 2.85. The van der Waals surface area contributed by atoms with E-state index in [9.17, 15) is 0 Å². The smallest absolute Gasteiger partial charge is 0.140 e. The molecule has 3 nitrogen and oxygen atoms in total. The SMILES string of the molecule is Cc1cc(N)cn2c3c(nc12)-c1ccccc1C3. The molecule has 0 fully saturated rings. The van der Waals surface area contributed by atoms with Crippen molar-refractivity contribution < 1.29 is 0 Å². The minimum atomic E-state index is 0.788. The van der Waals surface area contributed by atoms with Gasteiger partial charge >= 0.3 is 0 Å². The third kappa shape index (κ3) is 1.11. The fourth-order valence-electron chi connectivity index (χ4n) is 2.85. The Morgan fingerprint density at radius 3 is 3.00 bits per heavy atom. The highest BCUT2D eigenvalue weighted by molar-refractivity contribution is 5.76. The second-order valence-electron chi connectivity index (χ2n) is 4.89. The van der Waals surface area contributed by atoms with Gasteiger partial charge < -0.3 is 10.1 Å². The van der Waals surface area contributed by atoms with Gasteiger partial charge in [0.15, 0.2) is 0 Å². The fraction of sp³-hybridized carbons (Fsp3) is 0.133. The molecule has 0 spiro atoms. The lowest BCUT2D eigenvalue weighted by Crippen LogP contribution is -1.97. The van der Waals surface area contributed by atoms with Crippen LogP contribution in [0.15, 0.2) is 36.5 Å². The summed E-state index contributed by atoms with van der Waals surface area (Å²) in [5.41, 5.74) is 13.8. The monoisotopic (exact) mass is 235 g/mol.